The normalized spacial score (nSPS) is 9.45. The van der Waals surface area contributed by atoms with Crippen molar-refractivity contribution >= 4 is 11.8 Å². The molecule has 11 heavy (non-hydrogen) atoms. The van der Waals surface area contributed by atoms with Crippen LogP contribution in [0, 0.1) is 0 Å². The monoisotopic (exact) mass is 166 g/mol. The molecular formula is C9H12NS+. The van der Waals surface area contributed by atoms with Crippen LogP contribution in [0.2, 0.25) is 0 Å². The van der Waals surface area contributed by atoms with Crippen LogP contribution >= 0.6 is 11.8 Å². The molecule has 0 radical (unpaired) electrons. The van der Waals surface area contributed by atoms with Crippen molar-refractivity contribution in [3.05, 3.63) is 43.2 Å². The van der Waals surface area contributed by atoms with E-state index < -0.39 is 0 Å². The fraction of sp³-hybridized carbons (Fsp3) is 0.222. The molecule has 0 fully saturated rings. The van der Waals surface area contributed by atoms with Gasteiger partial charge in [-0.15, -0.1) is 6.58 Å². The van der Waals surface area contributed by atoms with Gasteiger partial charge in [0.25, 0.3) is 0 Å². The highest BCUT2D eigenvalue weighted by Gasteiger charge is 1.94. The smallest absolute Gasteiger partial charge is 0.194 e. The van der Waals surface area contributed by atoms with Gasteiger partial charge in [-0.3, -0.25) is 0 Å². The summed E-state index contributed by atoms with van der Waals surface area (Å²) in [4.78, 5) is 0. The molecule has 0 saturated carbocycles. The minimum atomic E-state index is 1.01. The summed E-state index contributed by atoms with van der Waals surface area (Å²) in [5.41, 5.74) is 0. The van der Waals surface area contributed by atoms with Gasteiger partial charge in [-0.25, -0.2) is 0 Å². The van der Waals surface area contributed by atoms with E-state index in [0.29, 0.717) is 0 Å². The molecule has 1 heterocycles. The summed E-state index contributed by atoms with van der Waals surface area (Å²) < 4.78 is 2.15. The lowest BCUT2D eigenvalue weighted by Crippen LogP contribution is -2.30. The number of nitrogens with zero attached hydrogens (tertiary/aromatic N) is 1. The van der Waals surface area contributed by atoms with Gasteiger partial charge in [-0.1, -0.05) is 23.9 Å². The highest BCUT2D eigenvalue weighted by molar-refractivity contribution is 7.98. The molecule has 58 valence electrons. The van der Waals surface area contributed by atoms with Gasteiger partial charge in [0.1, 0.15) is 0 Å². The van der Waals surface area contributed by atoms with Gasteiger partial charge in [0, 0.05) is 17.9 Å². The molecule has 0 N–H and O–H groups in total. The average molecular weight is 166 g/mol. The second-order valence-corrected chi connectivity index (χ2v) is 3.18. The van der Waals surface area contributed by atoms with E-state index in [-0.39, 0.29) is 0 Å². The van der Waals surface area contributed by atoms with Gasteiger partial charge >= 0.3 is 0 Å². The van der Waals surface area contributed by atoms with Crippen molar-refractivity contribution in [2.75, 3.05) is 5.75 Å². The summed E-state index contributed by atoms with van der Waals surface area (Å²) in [7, 11) is 0. The van der Waals surface area contributed by atoms with Crippen molar-refractivity contribution in [2.24, 2.45) is 0 Å². The molecule has 1 aromatic heterocycles. The van der Waals surface area contributed by atoms with E-state index in [1.54, 1.807) is 0 Å². The van der Waals surface area contributed by atoms with E-state index in [9.17, 15) is 0 Å². The number of thioether (sulfide) groups is 1. The highest BCUT2D eigenvalue weighted by Crippen LogP contribution is 1.97. The predicted molar refractivity (Wildman–Crippen MR) is 49.3 cm³/mol. The summed E-state index contributed by atoms with van der Waals surface area (Å²) in [5, 5.41) is 0. The third-order valence-electron chi connectivity index (χ3n) is 1.25. The molecule has 0 bridgehead atoms. The van der Waals surface area contributed by atoms with Crippen molar-refractivity contribution < 1.29 is 4.57 Å². The molecule has 1 rings (SSSR count). The lowest BCUT2D eigenvalue weighted by atomic mass is 10.5. The maximum Gasteiger partial charge on any atom is 0.194 e. The first-order valence-corrected chi connectivity index (χ1v) is 4.71. The van der Waals surface area contributed by atoms with Crippen molar-refractivity contribution in [1.29, 1.82) is 0 Å². The molecule has 0 amide bonds. The van der Waals surface area contributed by atoms with Crippen LogP contribution in [0.25, 0.3) is 0 Å². The van der Waals surface area contributed by atoms with Crippen LogP contribution in [0.4, 0.5) is 0 Å². The second-order valence-electron chi connectivity index (χ2n) is 2.18. The predicted octanol–water partition coefficient (Wildman–Crippen LogP) is 1.85. The zero-order chi connectivity index (χ0) is 7.94. The molecule has 0 atom stereocenters. The summed E-state index contributed by atoms with van der Waals surface area (Å²) in [6.07, 6.45) is 6.06. The van der Waals surface area contributed by atoms with Gasteiger partial charge in [0.15, 0.2) is 18.3 Å². The van der Waals surface area contributed by atoms with Gasteiger partial charge in [-0.2, -0.15) is 4.57 Å². The lowest BCUT2D eigenvalue weighted by Gasteiger charge is -1.92. The van der Waals surface area contributed by atoms with Crippen LogP contribution in [0.5, 0.6) is 0 Å². The Morgan fingerprint density at radius 1 is 1.27 bits per heavy atom. The Kier molecular flexibility index (Phi) is 3.76. The number of aromatic nitrogens is 1. The minimum absolute atomic E-state index is 1.01. The van der Waals surface area contributed by atoms with E-state index >= 15 is 0 Å². The average Bonchev–Trinajstić information content (AvgIpc) is 2.07. The van der Waals surface area contributed by atoms with Crippen molar-refractivity contribution in [2.45, 2.75) is 5.88 Å². The Morgan fingerprint density at radius 2 is 2.00 bits per heavy atom. The van der Waals surface area contributed by atoms with Gasteiger partial charge < -0.3 is 0 Å². The molecule has 0 aliphatic rings. The summed E-state index contributed by atoms with van der Waals surface area (Å²) in [5.74, 6) is 2.02. The van der Waals surface area contributed by atoms with Gasteiger partial charge in [0.2, 0.25) is 0 Å². The Morgan fingerprint density at radius 3 is 2.64 bits per heavy atom. The van der Waals surface area contributed by atoms with Gasteiger partial charge in [-0.05, 0) is 0 Å². The maximum absolute atomic E-state index is 3.66. The van der Waals surface area contributed by atoms with Crippen molar-refractivity contribution in [1.82, 2.24) is 0 Å². The number of pyridine rings is 1. The molecule has 0 saturated heterocycles. The summed E-state index contributed by atoms with van der Waals surface area (Å²) >= 11 is 1.85. The largest absolute Gasteiger partial charge is 0.195 e. The first-order chi connectivity index (χ1) is 5.43. The quantitative estimate of drug-likeness (QED) is 0.375. The Hall–Kier alpha value is -0.760. The number of hydrogen-bond acceptors (Lipinski definition) is 1. The van der Waals surface area contributed by atoms with Crippen LogP contribution in [0.15, 0.2) is 43.2 Å². The third-order valence-corrected chi connectivity index (χ3v) is 2.21. The molecule has 1 nitrogen and oxygen atoms in total. The molecule has 2 heteroatoms. The van der Waals surface area contributed by atoms with Crippen LogP contribution in [-0.2, 0) is 5.88 Å². The van der Waals surface area contributed by atoms with E-state index in [0.717, 1.165) is 11.6 Å². The Balaban J connectivity index is 2.33. The first-order valence-electron chi connectivity index (χ1n) is 3.56. The maximum atomic E-state index is 3.66. The first kappa shape index (κ1) is 8.34. The fourth-order valence-electron chi connectivity index (χ4n) is 0.762. The van der Waals surface area contributed by atoms with Crippen molar-refractivity contribution in [3.8, 4) is 0 Å². The second kappa shape index (κ2) is 4.97. The van der Waals surface area contributed by atoms with Gasteiger partial charge in [0.05, 0.1) is 0 Å². The van der Waals surface area contributed by atoms with E-state index in [4.69, 9.17) is 0 Å². The zero-order valence-corrected chi connectivity index (χ0v) is 7.26. The number of rotatable bonds is 4. The van der Waals surface area contributed by atoms with Crippen LogP contribution in [0.3, 0.4) is 0 Å². The van der Waals surface area contributed by atoms with Crippen LogP contribution in [0.1, 0.15) is 0 Å². The summed E-state index contributed by atoms with van der Waals surface area (Å²) in [6.45, 7) is 3.66. The standard InChI is InChI=1S/C9H12NS/c1-2-8-11-9-10-6-4-3-5-7-10/h2-7H,1,8-9H2/q+1. The molecule has 0 aliphatic heterocycles. The Bertz CT molecular complexity index is 208. The highest BCUT2D eigenvalue weighted by atomic mass is 32.2. The lowest BCUT2D eigenvalue weighted by molar-refractivity contribution is -0.675. The third kappa shape index (κ3) is 3.23. The van der Waals surface area contributed by atoms with E-state index in [1.165, 1.54) is 0 Å². The molecule has 0 unspecified atom stereocenters. The van der Waals surface area contributed by atoms with Crippen LogP contribution < -0.4 is 4.57 Å². The molecular weight excluding hydrogens is 154 g/mol. The van der Waals surface area contributed by atoms with E-state index in [2.05, 4.69) is 23.5 Å². The topological polar surface area (TPSA) is 3.88 Å². The zero-order valence-electron chi connectivity index (χ0n) is 6.44. The van der Waals surface area contributed by atoms with E-state index in [1.807, 2.05) is 36.0 Å². The Labute approximate surface area is 71.8 Å². The fourth-order valence-corrected chi connectivity index (χ4v) is 1.42. The number of hydrogen-bond donors (Lipinski definition) is 0. The SMILES string of the molecule is C=CCSC[n+]1ccccc1. The summed E-state index contributed by atoms with van der Waals surface area (Å²) in [6, 6.07) is 6.09. The molecule has 0 aromatic carbocycles. The van der Waals surface area contributed by atoms with Crippen LogP contribution in [-0.4, -0.2) is 5.75 Å². The minimum Gasteiger partial charge on any atom is -0.195 e. The molecule has 0 spiro atoms. The molecule has 1 aromatic rings. The molecule has 0 aliphatic carbocycles. The van der Waals surface area contributed by atoms with Crippen molar-refractivity contribution in [3.63, 3.8) is 0 Å².